The van der Waals surface area contributed by atoms with Crippen molar-refractivity contribution in [1.82, 2.24) is 0 Å². The molecule has 0 fully saturated rings. The molecule has 0 heterocycles. The Morgan fingerprint density at radius 3 is 2.44 bits per heavy atom. The van der Waals surface area contributed by atoms with Crippen molar-refractivity contribution in [2.45, 2.75) is 6.42 Å². The fourth-order valence-electron chi connectivity index (χ4n) is 0.582. The van der Waals surface area contributed by atoms with Crippen LogP contribution in [0.15, 0.2) is 23.7 Å². The number of hydrogen-bond donors (Lipinski definition) is 2. The molecule has 2 N–H and O–H groups in total. The standard InChI is InChI=1S/C6H6O2S/c7-4-1-2-5(8)6(9)3-4/h1-2,7-8H,3H2. The van der Waals surface area contributed by atoms with Crippen molar-refractivity contribution in [1.29, 1.82) is 0 Å². The highest BCUT2D eigenvalue weighted by Gasteiger charge is 2.08. The number of thiocarbonyl (C=S) groups is 1. The van der Waals surface area contributed by atoms with E-state index in [-0.39, 0.29) is 17.9 Å². The molecule has 0 radical (unpaired) electrons. The van der Waals surface area contributed by atoms with Gasteiger partial charge in [-0.25, -0.2) is 0 Å². The van der Waals surface area contributed by atoms with Gasteiger partial charge in [-0.2, -0.15) is 0 Å². The van der Waals surface area contributed by atoms with Crippen LogP contribution in [0.2, 0.25) is 0 Å². The Morgan fingerprint density at radius 2 is 2.00 bits per heavy atom. The lowest BCUT2D eigenvalue weighted by atomic mass is 10.1. The van der Waals surface area contributed by atoms with Crippen LogP contribution < -0.4 is 0 Å². The van der Waals surface area contributed by atoms with Crippen molar-refractivity contribution in [3.05, 3.63) is 23.7 Å². The van der Waals surface area contributed by atoms with E-state index in [4.69, 9.17) is 10.2 Å². The van der Waals surface area contributed by atoms with Crippen molar-refractivity contribution in [2.75, 3.05) is 0 Å². The summed E-state index contributed by atoms with van der Waals surface area (Å²) in [5.74, 6) is 0.292. The topological polar surface area (TPSA) is 40.5 Å². The largest absolute Gasteiger partial charge is 0.512 e. The molecule has 1 aliphatic rings. The molecule has 0 aromatic rings. The molecule has 0 unspecified atom stereocenters. The maximum Gasteiger partial charge on any atom is 0.130 e. The maximum atomic E-state index is 8.86. The van der Waals surface area contributed by atoms with Crippen molar-refractivity contribution in [2.24, 2.45) is 0 Å². The predicted octanol–water partition coefficient (Wildman–Crippen LogP) is 1.64. The Balaban J connectivity index is 2.86. The average molecular weight is 142 g/mol. The molecular weight excluding hydrogens is 136 g/mol. The number of aliphatic hydroxyl groups excluding tert-OH is 2. The first-order chi connectivity index (χ1) is 4.20. The third-order valence-corrected chi connectivity index (χ3v) is 1.41. The first kappa shape index (κ1) is 6.29. The minimum Gasteiger partial charge on any atom is -0.512 e. The molecule has 0 aromatic carbocycles. The van der Waals surface area contributed by atoms with Crippen LogP contribution in [-0.4, -0.2) is 15.1 Å². The van der Waals surface area contributed by atoms with Crippen LogP contribution in [0.4, 0.5) is 0 Å². The van der Waals surface area contributed by atoms with E-state index in [1.54, 1.807) is 0 Å². The molecule has 9 heavy (non-hydrogen) atoms. The van der Waals surface area contributed by atoms with E-state index in [0.717, 1.165) is 0 Å². The van der Waals surface area contributed by atoms with E-state index in [1.165, 1.54) is 12.2 Å². The Kier molecular flexibility index (Phi) is 1.53. The summed E-state index contributed by atoms with van der Waals surface area (Å²) < 4.78 is 0. The maximum absolute atomic E-state index is 8.86. The summed E-state index contributed by atoms with van der Waals surface area (Å²) in [5.41, 5.74) is 0. The lowest BCUT2D eigenvalue weighted by molar-refractivity contribution is 0.394. The van der Waals surface area contributed by atoms with Crippen LogP contribution in [0.1, 0.15) is 6.42 Å². The third kappa shape index (κ3) is 1.29. The summed E-state index contributed by atoms with van der Waals surface area (Å²) in [7, 11) is 0. The average Bonchev–Trinajstić information content (AvgIpc) is 1.80. The number of aliphatic hydroxyl groups is 2. The fourth-order valence-corrected chi connectivity index (χ4v) is 0.798. The highest BCUT2D eigenvalue weighted by Crippen LogP contribution is 2.11. The molecule has 48 valence electrons. The van der Waals surface area contributed by atoms with E-state index < -0.39 is 0 Å². The Bertz CT molecular complexity index is 203. The molecular formula is C6H6O2S. The third-order valence-electron chi connectivity index (χ3n) is 1.06. The molecule has 0 aliphatic heterocycles. The predicted molar refractivity (Wildman–Crippen MR) is 38.6 cm³/mol. The van der Waals surface area contributed by atoms with E-state index in [1.807, 2.05) is 0 Å². The SMILES string of the molecule is OC1=CC=C(O)C(=S)C1. The molecule has 1 aliphatic carbocycles. The lowest BCUT2D eigenvalue weighted by Gasteiger charge is -2.05. The van der Waals surface area contributed by atoms with Crippen LogP contribution >= 0.6 is 12.2 Å². The molecule has 3 heteroatoms. The lowest BCUT2D eigenvalue weighted by Crippen LogP contribution is -2.04. The molecule has 2 nitrogen and oxygen atoms in total. The molecule has 0 bridgehead atoms. The fraction of sp³-hybridized carbons (Fsp3) is 0.167. The zero-order chi connectivity index (χ0) is 6.85. The van der Waals surface area contributed by atoms with Gasteiger partial charge in [-0.1, -0.05) is 12.2 Å². The molecule has 0 atom stereocenters. The summed E-state index contributed by atoms with van der Waals surface area (Å²) in [6.07, 6.45) is 3.12. The number of rotatable bonds is 0. The number of allylic oxidation sites excluding steroid dienone is 4. The second kappa shape index (κ2) is 2.19. The van der Waals surface area contributed by atoms with Gasteiger partial charge < -0.3 is 10.2 Å². The Morgan fingerprint density at radius 1 is 1.33 bits per heavy atom. The summed E-state index contributed by atoms with van der Waals surface area (Å²) >= 11 is 4.69. The van der Waals surface area contributed by atoms with Gasteiger partial charge in [-0.3, -0.25) is 0 Å². The van der Waals surface area contributed by atoms with Crippen molar-refractivity contribution >= 4 is 17.1 Å². The summed E-state index contributed by atoms with van der Waals surface area (Å²) in [6, 6.07) is 0. The smallest absolute Gasteiger partial charge is 0.130 e. The zero-order valence-electron chi connectivity index (χ0n) is 4.66. The molecule has 0 saturated carbocycles. The van der Waals surface area contributed by atoms with Crippen molar-refractivity contribution < 1.29 is 10.2 Å². The van der Waals surface area contributed by atoms with E-state index >= 15 is 0 Å². The van der Waals surface area contributed by atoms with Gasteiger partial charge >= 0.3 is 0 Å². The van der Waals surface area contributed by atoms with Crippen LogP contribution in [-0.2, 0) is 0 Å². The van der Waals surface area contributed by atoms with Gasteiger partial charge in [-0.15, -0.1) is 0 Å². The minimum atomic E-state index is 0.0859. The highest BCUT2D eigenvalue weighted by atomic mass is 32.1. The summed E-state index contributed by atoms with van der Waals surface area (Å²) in [5, 5.41) is 17.7. The van der Waals surface area contributed by atoms with Gasteiger partial charge in [0.05, 0.1) is 10.6 Å². The van der Waals surface area contributed by atoms with E-state index in [0.29, 0.717) is 4.86 Å². The minimum absolute atomic E-state index is 0.0859. The molecule has 0 spiro atoms. The van der Waals surface area contributed by atoms with Gasteiger partial charge in [0, 0.05) is 6.42 Å². The zero-order valence-corrected chi connectivity index (χ0v) is 5.48. The van der Waals surface area contributed by atoms with Crippen LogP contribution in [0, 0.1) is 0 Å². The second-order valence-electron chi connectivity index (χ2n) is 1.81. The normalized spacial score (nSPS) is 18.9. The second-order valence-corrected chi connectivity index (χ2v) is 2.30. The van der Waals surface area contributed by atoms with Crippen molar-refractivity contribution in [3.63, 3.8) is 0 Å². The van der Waals surface area contributed by atoms with Gasteiger partial charge in [0.25, 0.3) is 0 Å². The molecule has 0 saturated heterocycles. The Labute approximate surface area is 58.1 Å². The van der Waals surface area contributed by atoms with Gasteiger partial charge in [0.15, 0.2) is 0 Å². The van der Waals surface area contributed by atoms with Crippen LogP contribution in [0.5, 0.6) is 0 Å². The van der Waals surface area contributed by atoms with E-state index in [2.05, 4.69) is 12.2 Å². The first-order valence-corrected chi connectivity index (χ1v) is 2.93. The van der Waals surface area contributed by atoms with Gasteiger partial charge in [0.1, 0.15) is 5.76 Å². The van der Waals surface area contributed by atoms with Crippen LogP contribution in [0.3, 0.4) is 0 Å². The molecule has 0 aromatic heterocycles. The number of hydrogen-bond acceptors (Lipinski definition) is 3. The molecule has 1 rings (SSSR count). The monoisotopic (exact) mass is 142 g/mol. The van der Waals surface area contributed by atoms with Crippen LogP contribution in [0.25, 0.3) is 0 Å². The quantitative estimate of drug-likeness (QED) is 0.505. The summed E-state index contributed by atoms with van der Waals surface area (Å²) in [6.45, 7) is 0. The highest BCUT2D eigenvalue weighted by molar-refractivity contribution is 7.80. The van der Waals surface area contributed by atoms with Gasteiger partial charge in [-0.05, 0) is 12.2 Å². The first-order valence-electron chi connectivity index (χ1n) is 2.52. The van der Waals surface area contributed by atoms with Crippen molar-refractivity contribution in [3.8, 4) is 0 Å². The Hall–Kier alpha value is -0.830. The summed E-state index contributed by atoms with van der Waals surface area (Å²) in [4.78, 5) is 0.398. The van der Waals surface area contributed by atoms with Gasteiger partial charge in [0.2, 0.25) is 0 Å². The van der Waals surface area contributed by atoms with E-state index in [9.17, 15) is 0 Å². The molecule has 0 amide bonds.